The first-order valence-corrected chi connectivity index (χ1v) is 17.6. The summed E-state index contributed by atoms with van der Waals surface area (Å²) in [4.78, 5) is 29.6. The zero-order valence-corrected chi connectivity index (χ0v) is 24.7. The summed E-state index contributed by atoms with van der Waals surface area (Å²) in [6.45, 7) is 10.2. The second kappa shape index (κ2) is 12.1. The van der Waals surface area contributed by atoms with Crippen LogP contribution in [-0.2, 0) is 29.1 Å². The van der Waals surface area contributed by atoms with Crippen molar-refractivity contribution in [1.29, 1.82) is 5.26 Å². The quantitative estimate of drug-likeness (QED) is 0.305. The Bertz CT molecular complexity index is 1210. The van der Waals surface area contributed by atoms with Crippen LogP contribution in [0.2, 0.25) is 19.6 Å². The van der Waals surface area contributed by atoms with Gasteiger partial charge in [0.05, 0.1) is 17.9 Å². The molecule has 2 aromatic heterocycles. The van der Waals surface area contributed by atoms with Gasteiger partial charge >= 0.3 is 5.97 Å². The van der Waals surface area contributed by atoms with E-state index in [0.29, 0.717) is 35.8 Å². The fourth-order valence-electron chi connectivity index (χ4n) is 5.72. The van der Waals surface area contributed by atoms with Crippen LogP contribution in [0.3, 0.4) is 0 Å². The highest BCUT2D eigenvalue weighted by Gasteiger charge is 2.54. The first-order valence-electron chi connectivity index (χ1n) is 14.2. The molecule has 0 unspecified atom stereocenters. The number of carbonyl (C=O) groups is 2. The molecule has 0 radical (unpaired) electrons. The molecule has 1 aliphatic heterocycles. The summed E-state index contributed by atoms with van der Waals surface area (Å²) in [6.07, 6.45) is 7.04. The van der Waals surface area contributed by atoms with Crippen LogP contribution >= 0.6 is 0 Å². The van der Waals surface area contributed by atoms with Gasteiger partial charge in [-0.1, -0.05) is 26.7 Å². The average Bonchev–Trinajstić information content (AvgIpc) is 3.62. The van der Waals surface area contributed by atoms with Crippen LogP contribution < -0.4 is 5.32 Å². The molecule has 1 aliphatic carbocycles. The number of nitrogens with zero attached hydrogens (tertiary/aromatic N) is 4. The molecule has 0 aromatic carbocycles. The Morgan fingerprint density at radius 3 is 2.62 bits per heavy atom. The molecule has 3 heterocycles. The highest BCUT2D eigenvalue weighted by atomic mass is 28.4. The fourth-order valence-corrected chi connectivity index (χ4v) is 6.83. The van der Waals surface area contributed by atoms with Gasteiger partial charge in [-0.2, -0.15) is 10.4 Å². The molecule has 0 spiro atoms. The van der Waals surface area contributed by atoms with Crippen LogP contribution in [-0.4, -0.2) is 53.6 Å². The van der Waals surface area contributed by atoms with E-state index in [1.54, 1.807) is 16.6 Å². The standard InChI is InChI=1S/C28H41N5O5Si/c1-6-20(7-2)27(35)32-26-22-12-13-23(33(22)31-18-30-26)28(17-29)24(38-39(3,4)5)15-21(37-28)16-36-25(34)14-19-10-8-9-11-19/h12-13,18-21,24H,6-11,14-16H2,1-5H3,(H,30,31,32,35)/t21-,24-,28+/m1/s1. The number of carbonyl (C=O) groups excluding carboxylic acids is 2. The second-order valence-electron chi connectivity index (χ2n) is 11.7. The van der Waals surface area contributed by atoms with Gasteiger partial charge in [-0.3, -0.25) is 9.59 Å². The smallest absolute Gasteiger partial charge is 0.306 e. The Morgan fingerprint density at radius 1 is 1.26 bits per heavy atom. The van der Waals surface area contributed by atoms with Crippen molar-refractivity contribution in [1.82, 2.24) is 14.6 Å². The molecule has 2 aliphatic rings. The summed E-state index contributed by atoms with van der Waals surface area (Å²) in [6, 6.07) is 5.94. The van der Waals surface area contributed by atoms with Crippen molar-refractivity contribution in [3.8, 4) is 6.07 Å². The molecule has 4 rings (SSSR count). The van der Waals surface area contributed by atoms with E-state index in [-0.39, 0.29) is 24.4 Å². The van der Waals surface area contributed by atoms with E-state index in [1.807, 2.05) is 13.8 Å². The van der Waals surface area contributed by atoms with Crippen LogP contribution in [0.15, 0.2) is 18.5 Å². The molecule has 2 aromatic rings. The number of anilines is 1. The van der Waals surface area contributed by atoms with Crippen LogP contribution in [0.4, 0.5) is 5.82 Å². The van der Waals surface area contributed by atoms with Gasteiger partial charge in [0.1, 0.15) is 24.5 Å². The zero-order valence-electron chi connectivity index (χ0n) is 23.7. The van der Waals surface area contributed by atoms with Crippen molar-refractivity contribution >= 4 is 31.5 Å². The maximum atomic E-state index is 12.8. The summed E-state index contributed by atoms with van der Waals surface area (Å²) in [5, 5.41) is 17.9. The normalized spacial score (nSPS) is 23.8. The minimum atomic E-state index is -2.10. The number of esters is 1. The Kier molecular flexibility index (Phi) is 9.09. The van der Waals surface area contributed by atoms with Crippen molar-refractivity contribution in [3.63, 3.8) is 0 Å². The molecule has 1 N–H and O–H groups in total. The SMILES string of the molecule is CCC(CC)C(=O)Nc1ncnn2c([C@]3(C#N)O[C@@H](COC(=O)CC4CCCC4)C[C@H]3O[Si](C)(C)C)ccc12. The second-order valence-corrected chi connectivity index (χ2v) is 16.2. The maximum absolute atomic E-state index is 12.8. The van der Waals surface area contributed by atoms with E-state index >= 15 is 0 Å². The molecule has 212 valence electrons. The summed E-state index contributed by atoms with van der Waals surface area (Å²) >= 11 is 0. The monoisotopic (exact) mass is 555 g/mol. The molecule has 39 heavy (non-hydrogen) atoms. The summed E-state index contributed by atoms with van der Waals surface area (Å²) < 4.78 is 20.1. The Balaban J connectivity index is 1.60. The lowest BCUT2D eigenvalue weighted by molar-refractivity contribution is -0.150. The van der Waals surface area contributed by atoms with E-state index in [4.69, 9.17) is 13.9 Å². The van der Waals surface area contributed by atoms with Gasteiger partial charge in [-0.15, -0.1) is 0 Å². The van der Waals surface area contributed by atoms with Crippen LogP contribution in [0.5, 0.6) is 0 Å². The first kappa shape index (κ1) is 29.2. The molecule has 1 amide bonds. The molecule has 1 saturated heterocycles. The largest absolute Gasteiger partial charge is 0.463 e. The summed E-state index contributed by atoms with van der Waals surface area (Å²) in [7, 11) is -2.10. The molecule has 1 saturated carbocycles. The highest BCUT2D eigenvalue weighted by molar-refractivity contribution is 6.69. The number of rotatable bonds is 11. The predicted molar refractivity (Wildman–Crippen MR) is 148 cm³/mol. The predicted octanol–water partition coefficient (Wildman–Crippen LogP) is 4.96. The van der Waals surface area contributed by atoms with Crippen molar-refractivity contribution in [2.75, 3.05) is 11.9 Å². The third-order valence-electron chi connectivity index (χ3n) is 7.74. The highest BCUT2D eigenvalue weighted by Crippen LogP contribution is 2.43. The Hall–Kier alpha value is -2.81. The number of ether oxygens (including phenoxy) is 2. The number of nitriles is 1. The van der Waals surface area contributed by atoms with Crippen LogP contribution in [0.1, 0.15) is 70.9 Å². The van der Waals surface area contributed by atoms with E-state index in [2.05, 4.69) is 41.1 Å². The summed E-state index contributed by atoms with van der Waals surface area (Å²) in [5.41, 5.74) is -0.424. The molecular formula is C28H41N5O5Si. The average molecular weight is 556 g/mol. The van der Waals surface area contributed by atoms with E-state index in [0.717, 1.165) is 25.7 Å². The number of fused-ring (bicyclic) bond motifs is 1. The van der Waals surface area contributed by atoms with Gasteiger partial charge in [0.2, 0.25) is 11.5 Å². The molecule has 3 atom stereocenters. The molecular weight excluding hydrogens is 514 g/mol. The van der Waals surface area contributed by atoms with E-state index in [9.17, 15) is 14.9 Å². The topological polar surface area (TPSA) is 128 Å². The van der Waals surface area contributed by atoms with E-state index in [1.165, 1.54) is 19.2 Å². The lowest BCUT2D eigenvalue weighted by Gasteiger charge is -2.32. The van der Waals surface area contributed by atoms with Gasteiger partial charge in [-0.25, -0.2) is 9.50 Å². The Morgan fingerprint density at radius 2 is 1.97 bits per heavy atom. The fraction of sp³-hybridized carbons (Fsp3) is 0.679. The van der Waals surface area contributed by atoms with Crippen LogP contribution in [0.25, 0.3) is 5.52 Å². The third kappa shape index (κ3) is 6.50. The number of hydrogen-bond acceptors (Lipinski definition) is 8. The van der Waals surface area contributed by atoms with Gasteiger partial charge in [0, 0.05) is 18.8 Å². The molecule has 2 fully saturated rings. The van der Waals surface area contributed by atoms with Crippen molar-refractivity contribution in [2.24, 2.45) is 11.8 Å². The minimum Gasteiger partial charge on any atom is -0.463 e. The van der Waals surface area contributed by atoms with Crippen molar-refractivity contribution in [3.05, 3.63) is 24.2 Å². The molecule has 10 nitrogen and oxygen atoms in total. The molecule has 0 bridgehead atoms. The summed E-state index contributed by atoms with van der Waals surface area (Å²) in [5.74, 6) is 0.329. The number of nitrogens with one attached hydrogen (secondary N) is 1. The number of aromatic nitrogens is 3. The Labute approximate surface area is 231 Å². The maximum Gasteiger partial charge on any atom is 0.306 e. The van der Waals surface area contributed by atoms with Crippen molar-refractivity contribution < 1.29 is 23.5 Å². The minimum absolute atomic E-state index is 0.0650. The van der Waals surface area contributed by atoms with Crippen molar-refractivity contribution in [2.45, 2.75) is 103 Å². The zero-order chi connectivity index (χ0) is 28.2. The molecule has 11 heteroatoms. The van der Waals surface area contributed by atoms with Crippen LogP contribution in [0, 0.1) is 23.2 Å². The first-order chi connectivity index (χ1) is 18.6. The lowest BCUT2D eigenvalue weighted by atomic mass is 9.94. The number of hydrogen-bond donors (Lipinski definition) is 1. The van der Waals surface area contributed by atoms with Gasteiger partial charge < -0.3 is 19.2 Å². The van der Waals surface area contributed by atoms with Gasteiger partial charge in [-0.05, 0) is 63.4 Å². The third-order valence-corrected chi connectivity index (χ3v) is 8.73. The van der Waals surface area contributed by atoms with E-state index < -0.39 is 26.1 Å². The van der Waals surface area contributed by atoms with Gasteiger partial charge in [0.15, 0.2) is 14.1 Å². The number of amides is 1. The van der Waals surface area contributed by atoms with Gasteiger partial charge in [0.25, 0.3) is 0 Å². The lowest BCUT2D eigenvalue weighted by Crippen LogP contribution is -2.44.